The van der Waals surface area contributed by atoms with Crippen LogP contribution in [0.15, 0.2) is 78.9 Å². The van der Waals surface area contributed by atoms with Gasteiger partial charge in [0.05, 0.1) is 39.5 Å². The van der Waals surface area contributed by atoms with E-state index < -0.39 is 11.4 Å². The molecule has 0 aliphatic rings. The second-order valence-electron chi connectivity index (χ2n) is 16.2. The molecule has 0 heterocycles. The van der Waals surface area contributed by atoms with E-state index in [4.69, 9.17) is 14.2 Å². The number of aryl methyl sites for hydroxylation is 4. The normalized spacial score (nSPS) is 11.4. The number of esters is 2. The molecule has 7 nitrogen and oxygen atoms in total. The van der Waals surface area contributed by atoms with Crippen LogP contribution in [0.25, 0.3) is 22.3 Å². The van der Waals surface area contributed by atoms with Crippen molar-refractivity contribution in [2.45, 2.75) is 137 Å². The largest absolute Gasteiger partial charge is 0.493 e. The first-order valence-corrected chi connectivity index (χ1v) is 21.8. The number of hydrogen-bond acceptors (Lipinski definition) is 7. The van der Waals surface area contributed by atoms with E-state index in [2.05, 4.69) is 81.6 Å². The first-order valence-electron chi connectivity index (χ1n) is 21.8. The van der Waals surface area contributed by atoms with E-state index in [0.717, 1.165) is 46.4 Å². The Morgan fingerprint density at radius 1 is 0.655 bits per heavy atom. The minimum atomic E-state index is -0.639. The molecule has 0 aliphatic heterocycles. The van der Waals surface area contributed by atoms with Gasteiger partial charge in [0, 0.05) is 11.0 Å². The van der Waals surface area contributed by atoms with Crippen LogP contribution in [0.1, 0.15) is 134 Å². The Kier molecular flexibility index (Phi) is 21.6. The van der Waals surface area contributed by atoms with Gasteiger partial charge in [0.1, 0.15) is 5.75 Å². The number of unbranched alkanes of at least 4 members (excludes halogenated alkanes) is 6. The average molecular weight is 797 g/mol. The zero-order valence-corrected chi connectivity index (χ0v) is 36.4. The van der Waals surface area contributed by atoms with Crippen molar-refractivity contribution in [2.24, 2.45) is 5.41 Å². The van der Waals surface area contributed by atoms with Crippen LogP contribution < -0.4 is 4.74 Å². The van der Waals surface area contributed by atoms with Crippen molar-refractivity contribution < 1.29 is 34.0 Å². The van der Waals surface area contributed by atoms with Crippen molar-refractivity contribution in [3.63, 3.8) is 0 Å². The Hall–Kier alpha value is -4.20. The average Bonchev–Trinajstić information content (AvgIpc) is 3.22. The third-order valence-corrected chi connectivity index (χ3v) is 11.2. The summed E-state index contributed by atoms with van der Waals surface area (Å²) < 4.78 is 17.6. The summed E-state index contributed by atoms with van der Waals surface area (Å²) in [5, 5.41) is 20.3. The molecule has 3 aromatic carbocycles. The Bertz CT molecular complexity index is 1730. The maximum absolute atomic E-state index is 12.3. The summed E-state index contributed by atoms with van der Waals surface area (Å²) in [6, 6.07) is 20.1. The van der Waals surface area contributed by atoms with E-state index in [1.165, 1.54) is 67.2 Å². The summed E-state index contributed by atoms with van der Waals surface area (Å²) in [5.41, 5.74) is 9.67. The number of carbonyl (C=O) groups excluding carboxylic acids is 2. The van der Waals surface area contributed by atoms with Crippen molar-refractivity contribution >= 4 is 11.9 Å². The molecule has 0 spiro atoms. The van der Waals surface area contributed by atoms with Crippen LogP contribution in [0, 0.1) is 5.41 Å². The highest BCUT2D eigenvalue weighted by atomic mass is 16.5. The van der Waals surface area contributed by atoms with Crippen molar-refractivity contribution in [1.82, 2.24) is 0 Å². The van der Waals surface area contributed by atoms with Crippen LogP contribution in [0.5, 0.6) is 5.75 Å². The zero-order valence-electron chi connectivity index (χ0n) is 36.4. The van der Waals surface area contributed by atoms with Crippen LogP contribution in [0.2, 0.25) is 0 Å². The number of rotatable bonds is 29. The lowest BCUT2D eigenvalue weighted by molar-refractivity contribution is -0.143. The van der Waals surface area contributed by atoms with Crippen LogP contribution in [0.3, 0.4) is 0 Å². The molecule has 0 bridgehead atoms. The van der Waals surface area contributed by atoms with E-state index >= 15 is 0 Å². The van der Waals surface area contributed by atoms with Gasteiger partial charge in [-0.3, -0.25) is 4.79 Å². The number of hydrogen-bond donors (Lipinski definition) is 2. The summed E-state index contributed by atoms with van der Waals surface area (Å²) in [4.78, 5) is 24.5. The molecule has 0 saturated heterocycles. The molecule has 0 unspecified atom stereocenters. The van der Waals surface area contributed by atoms with Crippen molar-refractivity contribution in [2.75, 3.05) is 33.0 Å². The Morgan fingerprint density at radius 3 is 1.81 bits per heavy atom. The summed E-state index contributed by atoms with van der Waals surface area (Å²) in [6.07, 6.45) is 14.8. The fraction of sp³-hybridized carbons (Fsp3) is 0.529. The lowest BCUT2D eigenvalue weighted by atomic mass is 9.84. The molecular formula is C51H72O7. The third-order valence-electron chi connectivity index (χ3n) is 11.2. The van der Waals surface area contributed by atoms with Crippen LogP contribution >= 0.6 is 0 Å². The number of ether oxygens (including phenoxy) is 3. The molecule has 0 saturated carbocycles. The van der Waals surface area contributed by atoms with Gasteiger partial charge in [0.15, 0.2) is 0 Å². The monoisotopic (exact) mass is 797 g/mol. The highest BCUT2D eigenvalue weighted by molar-refractivity contribution is 5.86. The number of aliphatic hydroxyl groups excluding tert-OH is 2. The first kappa shape index (κ1) is 48.2. The minimum absolute atomic E-state index is 0.134. The molecular weight excluding hydrogens is 725 g/mol. The standard InChI is InChI=1S/C51H72O7/c1-8-11-12-13-14-15-16-19-40-22-24-42(25-23-40)43-26-27-47(41(9-2)33-43)46-34-44(20-17-29-56-48(54)32-38(4)5)49(57-31-28-51(10-3,36-52)37-53)45(35-46)21-18-30-58-50(55)39(6)7/h22-27,33-35,52-53H,4,6,8-21,28-32,36-37H2,1-3,5,7H3. The second kappa shape index (κ2) is 26.0. The molecule has 0 atom stereocenters. The van der Waals surface area contributed by atoms with Gasteiger partial charge in [-0.15, -0.1) is 0 Å². The van der Waals surface area contributed by atoms with Gasteiger partial charge in [-0.05, 0) is 128 Å². The lowest BCUT2D eigenvalue weighted by Crippen LogP contribution is -2.31. The van der Waals surface area contributed by atoms with E-state index in [9.17, 15) is 19.8 Å². The highest BCUT2D eigenvalue weighted by Gasteiger charge is 2.27. The number of aliphatic hydroxyl groups is 2. The van der Waals surface area contributed by atoms with Gasteiger partial charge in [0.2, 0.25) is 0 Å². The smallest absolute Gasteiger partial charge is 0.333 e. The molecule has 0 aliphatic carbocycles. The van der Waals surface area contributed by atoms with Crippen molar-refractivity contribution in [1.29, 1.82) is 0 Å². The van der Waals surface area contributed by atoms with Crippen LogP contribution in [0.4, 0.5) is 0 Å². The summed E-state index contributed by atoms with van der Waals surface area (Å²) in [5.74, 6) is 0.0454. The Labute approximate surface area is 349 Å². The molecule has 7 heteroatoms. The van der Waals surface area contributed by atoms with Gasteiger partial charge < -0.3 is 24.4 Å². The molecule has 2 N–H and O–H groups in total. The van der Waals surface area contributed by atoms with Gasteiger partial charge in [-0.2, -0.15) is 0 Å². The van der Waals surface area contributed by atoms with Crippen molar-refractivity contribution in [3.05, 3.63) is 101 Å². The van der Waals surface area contributed by atoms with E-state index in [0.29, 0.717) is 50.7 Å². The number of benzene rings is 3. The lowest BCUT2D eigenvalue weighted by Gasteiger charge is -2.28. The second-order valence-corrected chi connectivity index (χ2v) is 16.2. The van der Waals surface area contributed by atoms with E-state index in [1.54, 1.807) is 6.92 Å². The predicted octanol–water partition coefficient (Wildman–Crippen LogP) is 11.5. The van der Waals surface area contributed by atoms with Gasteiger partial charge in [-0.1, -0.05) is 120 Å². The van der Waals surface area contributed by atoms with E-state index in [1.807, 2.05) is 13.8 Å². The molecule has 0 radical (unpaired) electrons. The summed E-state index contributed by atoms with van der Waals surface area (Å²) in [6.45, 7) is 17.9. The molecule has 3 rings (SSSR count). The van der Waals surface area contributed by atoms with E-state index in [-0.39, 0.29) is 38.8 Å². The minimum Gasteiger partial charge on any atom is -0.493 e. The molecule has 58 heavy (non-hydrogen) atoms. The first-order chi connectivity index (χ1) is 28.0. The fourth-order valence-corrected chi connectivity index (χ4v) is 7.24. The van der Waals surface area contributed by atoms with Crippen LogP contribution in [-0.4, -0.2) is 55.2 Å². The molecule has 0 fully saturated rings. The Morgan fingerprint density at radius 2 is 1.24 bits per heavy atom. The predicted molar refractivity (Wildman–Crippen MR) is 238 cm³/mol. The maximum Gasteiger partial charge on any atom is 0.333 e. The maximum atomic E-state index is 12.3. The van der Waals surface area contributed by atoms with Gasteiger partial charge in [-0.25, -0.2) is 4.79 Å². The highest BCUT2D eigenvalue weighted by Crippen LogP contribution is 2.37. The van der Waals surface area contributed by atoms with Crippen LogP contribution in [-0.2, 0) is 44.7 Å². The fourth-order valence-electron chi connectivity index (χ4n) is 7.24. The number of carbonyl (C=O) groups is 2. The SMILES string of the molecule is C=C(C)CC(=O)OCCCc1cc(-c2ccc(-c3ccc(CCCCCCCCC)cc3)cc2CC)cc(CCCOC(=O)C(=C)C)c1OCCC(CC)(CO)CO. The molecule has 0 amide bonds. The quantitative estimate of drug-likeness (QED) is 0.0312. The molecule has 0 aromatic heterocycles. The molecule has 3 aromatic rings. The summed E-state index contributed by atoms with van der Waals surface area (Å²) in [7, 11) is 0. The molecule has 318 valence electrons. The zero-order chi connectivity index (χ0) is 42.3. The third kappa shape index (κ3) is 15.9. The Balaban J connectivity index is 1.95. The van der Waals surface area contributed by atoms with Crippen molar-refractivity contribution in [3.8, 4) is 28.0 Å². The topological polar surface area (TPSA) is 102 Å². The van der Waals surface area contributed by atoms with Gasteiger partial charge >= 0.3 is 11.9 Å². The summed E-state index contributed by atoms with van der Waals surface area (Å²) >= 11 is 0. The van der Waals surface area contributed by atoms with Gasteiger partial charge in [0.25, 0.3) is 0 Å².